The number of piperidine rings is 1. The molecule has 2 aromatic rings. The lowest BCUT2D eigenvalue weighted by Gasteiger charge is -2.31. The van der Waals surface area contributed by atoms with Gasteiger partial charge in [-0.1, -0.05) is 30.3 Å². The molecule has 1 heterocycles. The fraction of sp³-hybridized carbons (Fsp3) is 0.409. The topological polar surface area (TPSA) is 75.7 Å². The maximum atomic E-state index is 13.2. The van der Waals surface area contributed by atoms with Crippen LogP contribution in [0.15, 0.2) is 53.4 Å². The van der Waals surface area contributed by atoms with Crippen LogP contribution in [0.25, 0.3) is 0 Å². The summed E-state index contributed by atoms with van der Waals surface area (Å²) in [6, 6.07) is 15.1. The van der Waals surface area contributed by atoms with Gasteiger partial charge in [0.25, 0.3) is 0 Å². The molecule has 0 bridgehead atoms. The van der Waals surface area contributed by atoms with E-state index >= 15 is 0 Å². The van der Waals surface area contributed by atoms with Crippen molar-refractivity contribution in [3.05, 3.63) is 54.1 Å². The molecule has 0 unspecified atom stereocenters. The van der Waals surface area contributed by atoms with Crippen molar-refractivity contribution in [1.29, 1.82) is 0 Å². The number of carbonyl (C=O) groups is 1. The van der Waals surface area contributed by atoms with Gasteiger partial charge in [0.05, 0.1) is 7.11 Å². The molecule has 1 fully saturated rings. The van der Waals surface area contributed by atoms with Gasteiger partial charge in [0, 0.05) is 25.7 Å². The van der Waals surface area contributed by atoms with Gasteiger partial charge in [0.1, 0.15) is 10.6 Å². The highest BCUT2D eigenvalue weighted by Gasteiger charge is 2.31. The minimum atomic E-state index is -3.70. The molecule has 0 radical (unpaired) electrons. The molecule has 156 valence electrons. The van der Waals surface area contributed by atoms with Gasteiger partial charge in [-0.25, -0.2) is 8.42 Å². The molecule has 29 heavy (non-hydrogen) atoms. The van der Waals surface area contributed by atoms with Crippen molar-refractivity contribution in [1.82, 2.24) is 4.31 Å². The summed E-state index contributed by atoms with van der Waals surface area (Å²) in [5.74, 6) is 0.553. The summed E-state index contributed by atoms with van der Waals surface area (Å²) in [5.41, 5.74) is 1.76. The third-order valence-electron chi connectivity index (χ3n) is 5.36. The second-order valence-corrected chi connectivity index (χ2v) is 9.32. The number of benzene rings is 2. The Bertz CT molecular complexity index is 937. The number of methoxy groups -OCH3 is 1. The number of rotatable bonds is 7. The number of ether oxygens (including phenoxy) is 1. The van der Waals surface area contributed by atoms with Gasteiger partial charge in [0.2, 0.25) is 15.9 Å². The number of aryl methyl sites for hydroxylation is 1. The molecule has 7 heteroatoms. The molecule has 1 aliphatic rings. The number of anilines is 1. The fourth-order valence-electron chi connectivity index (χ4n) is 3.75. The molecule has 3 rings (SSSR count). The van der Waals surface area contributed by atoms with Gasteiger partial charge in [-0.3, -0.25) is 4.79 Å². The largest absolute Gasteiger partial charge is 0.495 e. The van der Waals surface area contributed by atoms with E-state index in [4.69, 9.17) is 4.74 Å². The Labute approximate surface area is 172 Å². The number of hydrogen-bond acceptors (Lipinski definition) is 4. The van der Waals surface area contributed by atoms with E-state index in [1.807, 2.05) is 18.2 Å². The zero-order valence-electron chi connectivity index (χ0n) is 16.9. The SMILES string of the molecule is COc1ccc(NC(C)=O)cc1S(=O)(=O)N1CCC(CCc2ccccc2)CC1. The van der Waals surface area contributed by atoms with Crippen LogP contribution in [-0.4, -0.2) is 38.8 Å². The van der Waals surface area contributed by atoms with Crippen molar-refractivity contribution in [2.75, 3.05) is 25.5 Å². The minimum absolute atomic E-state index is 0.0917. The highest BCUT2D eigenvalue weighted by molar-refractivity contribution is 7.89. The first-order valence-corrected chi connectivity index (χ1v) is 11.3. The summed E-state index contributed by atoms with van der Waals surface area (Å²) in [6.07, 6.45) is 3.78. The van der Waals surface area contributed by atoms with E-state index < -0.39 is 10.0 Å². The second kappa shape index (κ2) is 9.41. The normalized spacial score (nSPS) is 15.8. The number of nitrogens with one attached hydrogen (secondary N) is 1. The summed E-state index contributed by atoms with van der Waals surface area (Å²) >= 11 is 0. The lowest BCUT2D eigenvalue weighted by Crippen LogP contribution is -2.38. The smallest absolute Gasteiger partial charge is 0.246 e. The summed E-state index contributed by atoms with van der Waals surface area (Å²) in [7, 11) is -2.25. The summed E-state index contributed by atoms with van der Waals surface area (Å²) < 4.78 is 33.3. The molecule has 0 aromatic heterocycles. The average molecular weight is 417 g/mol. The van der Waals surface area contributed by atoms with Crippen LogP contribution in [0.4, 0.5) is 5.69 Å². The Morgan fingerprint density at radius 3 is 2.45 bits per heavy atom. The van der Waals surface area contributed by atoms with Gasteiger partial charge in [-0.15, -0.1) is 0 Å². The molecule has 1 saturated heterocycles. The third-order valence-corrected chi connectivity index (χ3v) is 7.28. The fourth-order valence-corrected chi connectivity index (χ4v) is 5.40. The maximum Gasteiger partial charge on any atom is 0.246 e. The highest BCUT2D eigenvalue weighted by atomic mass is 32.2. The molecular formula is C22H28N2O4S. The predicted molar refractivity (Wildman–Crippen MR) is 114 cm³/mol. The minimum Gasteiger partial charge on any atom is -0.495 e. The molecule has 1 amide bonds. The lowest BCUT2D eigenvalue weighted by atomic mass is 9.91. The molecule has 0 aliphatic carbocycles. The van der Waals surface area contributed by atoms with Crippen molar-refractivity contribution in [3.63, 3.8) is 0 Å². The maximum absolute atomic E-state index is 13.2. The Morgan fingerprint density at radius 2 is 1.83 bits per heavy atom. The first kappa shape index (κ1) is 21.3. The molecule has 1 aliphatic heterocycles. The van der Waals surface area contributed by atoms with E-state index in [1.165, 1.54) is 30.0 Å². The first-order valence-electron chi connectivity index (χ1n) is 9.90. The van der Waals surface area contributed by atoms with Crippen molar-refractivity contribution < 1.29 is 17.9 Å². The van der Waals surface area contributed by atoms with E-state index in [1.54, 1.807) is 12.1 Å². The quantitative estimate of drug-likeness (QED) is 0.747. The van der Waals surface area contributed by atoms with Crippen LogP contribution >= 0.6 is 0 Å². The molecule has 1 N–H and O–H groups in total. The Kier molecular flexibility index (Phi) is 6.92. The molecule has 0 atom stereocenters. The van der Waals surface area contributed by atoms with Crippen LogP contribution in [0, 0.1) is 5.92 Å². The lowest BCUT2D eigenvalue weighted by molar-refractivity contribution is -0.114. The number of carbonyl (C=O) groups excluding carboxylic acids is 1. The Balaban J connectivity index is 1.67. The van der Waals surface area contributed by atoms with E-state index in [-0.39, 0.29) is 16.6 Å². The average Bonchev–Trinajstić information content (AvgIpc) is 2.73. The standard InChI is InChI=1S/C22H28N2O4S/c1-17(25)23-20-10-11-21(28-2)22(16-20)29(26,27)24-14-12-19(13-15-24)9-8-18-6-4-3-5-7-18/h3-7,10-11,16,19H,8-9,12-15H2,1-2H3,(H,23,25). The van der Waals surface area contributed by atoms with Crippen molar-refractivity contribution in [2.24, 2.45) is 5.92 Å². The monoisotopic (exact) mass is 416 g/mol. The zero-order chi connectivity index (χ0) is 20.9. The summed E-state index contributed by atoms with van der Waals surface area (Å²) in [5, 5.41) is 2.63. The van der Waals surface area contributed by atoms with E-state index in [0.29, 0.717) is 24.7 Å². The number of hydrogen-bond donors (Lipinski definition) is 1. The van der Waals surface area contributed by atoms with Gasteiger partial charge in [0.15, 0.2) is 0 Å². The van der Waals surface area contributed by atoms with Crippen molar-refractivity contribution in [3.8, 4) is 5.75 Å². The van der Waals surface area contributed by atoms with Crippen LogP contribution in [0.5, 0.6) is 5.75 Å². The molecule has 2 aromatic carbocycles. The summed E-state index contributed by atoms with van der Waals surface area (Å²) in [6.45, 7) is 2.38. The number of sulfonamides is 1. The van der Waals surface area contributed by atoms with Gasteiger partial charge < -0.3 is 10.1 Å². The molecular weight excluding hydrogens is 388 g/mol. The van der Waals surface area contributed by atoms with Crippen LogP contribution in [0.2, 0.25) is 0 Å². The Hall–Kier alpha value is -2.38. The van der Waals surface area contributed by atoms with Gasteiger partial charge >= 0.3 is 0 Å². The zero-order valence-corrected chi connectivity index (χ0v) is 17.7. The van der Waals surface area contributed by atoms with Gasteiger partial charge in [-0.05, 0) is 55.4 Å². The number of amides is 1. The summed E-state index contributed by atoms with van der Waals surface area (Å²) in [4.78, 5) is 11.4. The Morgan fingerprint density at radius 1 is 1.14 bits per heavy atom. The van der Waals surface area contributed by atoms with Crippen molar-refractivity contribution >= 4 is 21.6 Å². The molecule has 6 nitrogen and oxygen atoms in total. The van der Waals surface area contributed by atoms with Crippen LogP contribution in [-0.2, 0) is 21.2 Å². The second-order valence-electron chi connectivity index (χ2n) is 7.42. The van der Waals surface area contributed by atoms with Crippen LogP contribution in [0.3, 0.4) is 0 Å². The first-order chi connectivity index (χ1) is 13.9. The predicted octanol–water partition coefficient (Wildman–Crippen LogP) is 3.69. The molecule has 0 spiro atoms. The van der Waals surface area contributed by atoms with E-state index in [9.17, 15) is 13.2 Å². The van der Waals surface area contributed by atoms with E-state index in [2.05, 4.69) is 17.4 Å². The highest BCUT2D eigenvalue weighted by Crippen LogP contribution is 2.32. The van der Waals surface area contributed by atoms with Crippen LogP contribution in [0.1, 0.15) is 31.7 Å². The van der Waals surface area contributed by atoms with Crippen LogP contribution < -0.4 is 10.1 Å². The van der Waals surface area contributed by atoms with E-state index in [0.717, 1.165) is 25.7 Å². The van der Waals surface area contributed by atoms with Crippen molar-refractivity contribution in [2.45, 2.75) is 37.5 Å². The number of nitrogens with zero attached hydrogens (tertiary/aromatic N) is 1. The van der Waals surface area contributed by atoms with Gasteiger partial charge in [-0.2, -0.15) is 4.31 Å². The third kappa shape index (κ3) is 5.36. The molecule has 0 saturated carbocycles.